The summed E-state index contributed by atoms with van der Waals surface area (Å²) in [4.78, 5) is 22.3. The van der Waals surface area contributed by atoms with Crippen molar-refractivity contribution in [2.45, 2.75) is 39.2 Å². The summed E-state index contributed by atoms with van der Waals surface area (Å²) in [6, 6.07) is -0.554. The molecule has 0 spiro atoms. The summed E-state index contributed by atoms with van der Waals surface area (Å²) in [5.41, 5.74) is 5.17. The second kappa shape index (κ2) is 8.23. The molecule has 5 heteroatoms. The van der Waals surface area contributed by atoms with Crippen LogP contribution in [-0.2, 0) is 9.59 Å². The third kappa shape index (κ3) is 6.90. The Labute approximate surface area is 90.8 Å². The average molecular weight is 215 g/mol. The van der Waals surface area contributed by atoms with Crippen molar-refractivity contribution in [3.63, 3.8) is 0 Å². The standard InChI is InChI=1S/C10H21N3O2/c1-3-5-12-8(10(11)15)7-9(14)13-6-4-2/h8,12H,3-7H2,1-2H3,(H2,11,15)(H,13,14)/t8-/m0/s1. The number of carbonyl (C=O) groups excluding carboxylic acids is 2. The Kier molecular flexibility index (Phi) is 7.62. The van der Waals surface area contributed by atoms with Crippen LogP contribution in [-0.4, -0.2) is 30.9 Å². The molecule has 0 bridgehead atoms. The molecule has 0 aliphatic heterocycles. The van der Waals surface area contributed by atoms with Gasteiger partial charge in [0.15, 0.2) is 0 Å². The van der Waals surface area contributed by atoms with E-state index in [-0.39, 0.29) is 12.3 Å². The van der Waals surface area contributed by atoms with E-state index in [1.807, 2.05) is 13.8 Å². The van der Waals surface area contributed by atoms with Gasteiger partial charge in [-0.3, -0.25) is 9.59 Å². The first-order valence-electron chi connectivity index (χ1n) is 5.41. The molecule has 0 aromatic heterocycles. The summed E-state index contributed by atoms with van der Waals surface area (Å²) in [7, 11) is 0. The Morgan fingerprint density at radius 1 is 1.20 bits per heavy atom. The van der Waals surface area contributed by atoms with Crippen LogP contribution < -0.4 is 16.4 Å². The number of primary amides is 1. The van der Waals surface area contributed by atoms with Crippen LogP contribution in [0.1, 0.15) is 33.1 Å². The second-order valence-electron chi connectivity index (χ2n) is 3.46. The Bertz CT molecular complexity index is 207. The summed E-state index contributed by atoms with van der Waals surface area (Å²) in [5, 5.41) is 5.65. The maximum Gasteiger partial charge on any atom is 0.235 e. The molecular weight excluding hydrogens is 194 g/mol. The Morgan fingerprint density at radius 3 is 2.27 bits per heavy atom. The number of rotatable bonds is 8. The van der Waals surface area contributed by atoms with E-state index in [0.29, 0.717) is 13.1 Å². The molecule has 4 N–H and O–H groups in total. The Hall–Kier alpha value is -1.10. The quantitative estimate of drug-likeness (QED) is 0.522. The van der Waals surface area contributed by atoms with E-state index >= 15 is 0 Å². The molecule has 0 unspecified atom stereocenters. The molecule has 0 aromatic rings. The molecular formula is C10H21N3O2. The van der Waals surface area contributed by atoms with Crippen LogP contribution in [0.3, 0.4) is 0 Å². The molecule has 15 heavy (non-hydrogen) atoms. The van der Waals surface area contributed by atoms with Crippen molar-refractivity contribution >= 4 is 11.8 Å². The van der Waals surface area contributed by atoms with Crippen LogP contribution in [0.4, 0.5) is 0 Å². The van der Waals surface area contributed by atoms with E-state index in [4.69, 9.17) is 5.73 Å². The second-order valence-corrected chi connectivity index (χ2v) is 3.46. The van der Waals surface area contributed by atoms with E-state index < -0.39 is 11.9 Å². The predicted molar refractivity (Wildman–Crippen MR) is 59.2 cm³/mol. The van der Waals surface area contributed by atoms with Crippen LogP contribution in [0.5, 0.6) is 0 Å². The number of carbonyl (C=O) groups is 2. The molecule has 0 radical (unpaired) electrons. The Balaban J connectivity index is 3.93. The van der Waals surface area contributed by atoms with Crippen molar-refractivity contribution < 1.29 is 9.59 Å². The maximum atomic E-state index is 11.3. The van der Waals surface area contributed by atoms with Gasteiger partial charge in [0, 0.05) is 6.54 Å². The highest BCUT2D eigenvalue weighted by Gasteiger charge is 2.17. The van der Waals surface area contributed by atoms with E-state index in [0.717, 1.165) is 12.8 Å². The summed E-state index contributed by atoms with van der Waals surface area (Å²) >= 11 is 0. The van der Waals surface area contributed by atoms with Crippen molar-refractivity contribution in [3.05, 3.63) is 0 Å². The van der Waals surface area contributed by atoms with Gasteiger partial charge in [0.1, 0.15) is 0 Å². The van der Waals surface area contributed by atoms with Crippen LogP contribution in [0.15, 0.2) is 0 Å². The van der Waals surface area contributed by atoms with E-state index in [1.54, 1.807) is 0 Å². The lowest BCUT2D eigenvalue weighted by Crippen LogP contribution is -2.45. The van der Waals surface area contributed by atoms with Gasteiger partial charge in [-0.15, -0.1) is 0 Å². The zero-order valence-electron chi connectivity index (χ0n) is 9.51. The topological polar surface area (TPSA) is 84.2 Å². The van der Waals surface area contributed by atoms with E-state index in [2.05, 4.69) is 10.6 Å². The van der Waals surface area contributed by atoms with E-state index in [9.17, 15) is 9.59 Å². The lowest BCUT2D eigenvalue weighted by molar-refractivity contribution is -0.126. The highest BCUT2D eigenvalue weighted by atomic mass is 16.2. The fraction of sp³-hybridized carbons (Fsp3) is 0.800. The summed E-state index contributed by atoms with van der Waals surface area (Å²) in [6.07, 6.45) is 1.91. The zero-order valence-corrected chi connectivity index (χ0v) is 9.51. The third-order valence-electron chi connectivity index (χ3n) is 1.95. The van der Waals surface area contributed by atoms with Gasteiger partial charge in [-0.05, 0) is 19.4 Å². The summed E-state index contributed by atoms with van der Waals surface area (Å²) in [5.74, 6) is -0.612. The van der Waals surface area contributed by atoms with Crippen molar-refractivity contribution in [2.24, 2.45) is 5.73 Å². The van der Waals surface area contributed by atoms with Crippen molar-refractivity contribution in [2.75, 3.05) is 13.1 Å². The molecule has 1 atom stereocenters. The van der Waals surface area contributed by atoms with Crippen LogP contribution >= 0.6 is 0 Å². The van der Waals surface area contributed by atoms with Crippen LogP contribution in [0.2, 0.25) is 0 Å². The molecule has 0 rings (SSSR count). The number of hydrogen-bond donors (Lipinski definition) is 3. The van der Waals surface area contributed by atoms with Gasteiger partial charge in [0.05, 0.1) is 12.5 Å². The van der Waals surface area contributed by atoms with Crippen molar-refractivity contribution in [1.82, 2.24) is 10.6 Å². The fourth-order valence-electron chi connectivity index (χ4n) is 1.11. The van der Waals surface area contributed by atoms with Crippen molar-refractivity contribution in [1.29, 1.82) is 0 Å². The van der Waals surface area contributed by atoms with Gasteiger partial charge in [0.25, 0.3) is 0 Å². The monoisotopic (exact) mass is 215 g/mol. The molecule has 0 heterocycles. The first kappa shape index (κ1) is 13.9. The normalized spacial score (nSPS) is 12.1. The number of hydrogen-bond acceptors (Lipinski definition) is 3. The van der Waals surface area contributed by atoms with Gasteiger partial charge in [-0.1, -0.05) is 13.8 Å². The predicted octanol–water partition coefficient (Wildman–Crippen LogP) is -0.244. The van der Waals surface area contributed by atoms with Crippen LogP contribution in [0.25, 0.3) is 0 Å². The average Bonchev–Trinajstić information content (AvgIpc) is 2.20. The highest BCUT2D eigenvalue weighted by molar-refractivity contribution is 5.87. The van der Waals surface area contributed by atoms with Gasteiger partial charge < -0.3 is 16.4 Å². The molecule has 0 aliphatic rings. The molecule has 0 saturated heterocycles. The van der Waals surface area contributed by atoms with Gasteiger partial charge in [-0.25, -0.2) is 0 Å². The molecule has 0 saturated carbocycles. The van der Waals surface area contributed by atoms with Crippen LogP contribution in [0, 0.1) is 0 Å². The molecule has 0 aliphatic carbocycles. The first-order chi connectivity index (χ1) is 7.11. The van der Waals surface area contributed by atoms with Crippen molar-refractivity contribution in [3.8, 4) is 0 Å². The van der Waals surface area contributed by atoms with E-state index in [1.165, 1.54) is 0 Å². The minimum atomic E-state index is -0.554. The fourth-order valence-corrected chi connectivity index (χ4v) is 1.11. The minimum absolute atomic E-state index is 0.120. The van der Waals surface area contributed by atoms with Gasteiger partial charge in [-0.2, -0.15) is 0 Å². The highest BCUT2D eigenvalue weighted by Crippen LogP contribution is 1.92. The summed E-state index contributed by atoms with van der Waals surface area (Å²) in [6.45, 7) is 5.29. The third-order valence-corrected chi connectivity index (χ3v) is 1.95. The molecule has 88 valence electrons. The summed E-state index contributed by atoms with van der Waals surface area (Å²) < 4.78 is 0. The zero-order chi connectivity index (χ0) is 11.7. The van der Waals surface area contributed by atoms with Gasteiger partial charge >= 0.3 is 0 Å². The number of nitrogens with one attached hydrogen (secondary N) is 2. The Morgan fingerprint density at radius 2 is 1.80 bits per heavy atom. The smallest absolute Gasteiger partial charge is 0.235 e. The molecule has 2 amide bonds. The molecule has 0 aromatic carbocycles. The SMILES string of the molecule is CCCNC(=O)C[C@H](NCCC)C(N)=O. The van der Waals surface area contributed by atoms with Gasteiger partial charge in [0.2, 0.25) is 11.8 Å². The largest absolute Gasteiger partial charge is 0.368 e. The molecule has 0 fully saturated rings. The minimum Gasteiger partial charge on any atom is -0.368 e. The first-order valence-corrected chi connectivity index (χ1v) is 5.41. The lowest BCUT2D eigenvalue weighted by atomic mass is 10.2. The number of amides is 2. The lowest BCUT2D eigenvalue weighted by Gasteiger charge is -2.14. The number of nitrogens with two attached hydrogens (primary N) is 1. The maximum absolute atomic E-state index is 11.3. The molecule has 5 nitrogen and oxygen atoms in total.